The number of carbonyl (C=O) groups excluding carboxylic acids is 1. The highest BCUT2D eigenvalue weighted by atomic mass is 32.1. The molecule has 4 bridgehead atoms. The first kappa shape index (κ1) is 18.9. The molecule has 5 aliphatic rings. The number of hydrogen-bond donors (Lipinski definition) is 1. The van der Waals surface area contributed by atoms with E-state index in [1.807, 2.05) is 4.68 Å². The number of nitrogens with zero attached hydrogens (tertiary/aromatic N) is 4. The third-order valence-electron chi connectivity index (χ3n) is 8.41. The SMILES string of the molecule is CNC1(c2nnnn2-c2sc3c(c2C(=O)OC)CCCC3)C2CC3CC(C2)CC1C3. The molecule has 4 fully saturated rings. The van der Waals surface area contributed by atoms with Gasteiger partial charge in [-0.2, -0.15) is 4.68 Å². The topological polar surface area (TPSA) is 81.9 Å². The van der Waals surface area contributed by atoms with Gasteiger partial charge in [0, 0.05) is 4.88 Å². The van der Waals surface area contributed by atoms with Crippen molar-refractivity contribution >= 4 is 17.3 Å². The van der Waals surface area contributed by atoms with E-state index in [2.05, 4.69) is 27.9 Å². The van der Waals surface area contributed by atoms with Crippen molar-refractivity contribution in [3.05, 3.63) is 21.8 Å². The molecule has 2 aromatic rings. The summed E-state index contributed by atoms with van der Waals surface area (Å²) >= 11 is 1.68. The highest BCUT2D eigenvalue weighted by Crippen LogP contribution is 2.61. The molecule has 0 radical (unpaired) electrons. The van der Waals surface area contributed by atoms with Gasteiger partial charge in [0.25, 0.3) is 0 Å². The van der Waals surface area contributed by atoms with Crippen LogP contribution in [0.3, 0.4) is 0 Å². The second kappa shape index (κ2) is 6.85. The van der Waals surface area contributed by atoms with Gasteiger partial charge in [-0.1, -0.05) is 0 Å². The lowest BCUT2D eigenvalue weighted by atomic mass is 9.48. The molecule has 1 N–H and O–H groups in total. The van der Waals surface area contributed by atoms with Gasteiger partial charge in [0.1, 0.15) is 5.00 Å². The Morgan fingerprint density at radius 3 is 2.50 bits per heavy atom. The van der Waals surface area contributed by atoms with Gasteiger partial charge in [-0.15, -0.1) is 16.4 Å². The Balaban J connectivity index is 1.51. The number of rotatable bonds is 4. The van der Waals surface area contributed by atoms with Crippen LogP contribution in [0, 0.1) is 23.7 Å². The second-order valence-corrected chi connectivity index (χ2v) is 10.8. The lowest BCUT2D eigenvalue weighted by Gasteiger charge is -2.60. The van der Waals surface area contributed by atoms with Gasteiger partial charge in [-0.05, 0) is 104 Å². The maximum absolute atomic E-state index is 12.8. The van der Waals surface area contributed by atoms with Crippen molar-refractivity contribution in [3.8, 4) is 5.00 Å². The maximum atomic E-state index is 12.8. The molecule has 2 heterocycles. The Hall–Kier alpha value is -1.80. The van der Waals surface area contributed by atoms with E-state index in [9.17, 15) is 4.79 Å². The van der Waals surface area contributed by atoms with Crippen LogP contribution in [0.4, 0.5) is 0 Å². The Morgan fingerprint density at radius 1 is 1.13 bits per heavy atom. The number of fused-ring (bicyclic) bond motifs is 1. The van der Waals surface area contributed by atoms with E-state index in [1.54, 1.807) is 11.3 Å². The molecule has 8 heteroatoms. The molecule has 0 atom stereocenters. The summed E-state index contributed by atoms with van der Waals surface area (Å²) in [7, 11) is 3.54. The largest absolute Gasteiger partial charge is 0.465 e. The Morgan fingerprint density at radius 2 is 1.83 bits per heavy atom. The third kappa shape index (κ3) is 2.46. The summed E-state index contributed by atoms with van der Waals surface area (Å²) < 4.78 is 7.08. The summed E-state index contributed by atoms with van der Waals surface area (Å²) in [6.45, 7) is 0. The first-order valence-corrected chi connectivity index (χ1v) is 12.2. The Kier molecular flexibility index (Phi) is 4.32. The van der Waals surface area contributed by atoms with Crippen LogP contribution >= 0.6 is 11.3 Å². The second-order valence-electron chi connectivity index (χ2n) is 9.72. The quantitative estimate of drug-likeness (QED) is 0.755. The summed E-state index contributed by atoms with van der Waals surface area (Å²) in [6, 6.07) is 0. The molecular weight excluding hydrogens is 398 g/mol. The zero-order chi connectivity index (χ0) is 20.5. The standard InChI is InChI=1S/C22H29N5O2S/c1-23-22(14-8-12-7-13(10-14)11-15(22)9-12)21-24-25-26-27(21)19-18(20(28)29-2)16-5-3-4-6-17(16)30-19/h12-15,23H,3-11H2,1-2H3. The zero-order valence-electron chi connectivity index (χ0n) is 17.7. The Bertz CT molecular complexity index is 968. The van der Waals surface area contributed by atoms with Crippen LogP contribution < -0.4 is 5.32 Å². The minimum Gasteiger partial charge on any atom is -0.465 e. The highest BCUT2D eigenvalue weighted by Gasteiger charge is 2.60. The molecule has 4 saturated carbocycles. The van der Waals surface area contributed by atoms with E-state index in [4.69, 9.17) is 4.74 Å². The Labute approximate surface area is 180 Å². The van der Waals surface area contributed by atoms with Crippen molar-refractivity contribution in [3.63, 3.8) is 0 Å². The van der Waals surface area contributed by atoms with Crippen LogP contribution in [0.5, 0.6) is 0 Å². The van der Waals surface area contributed by atoms with Crippen molar-refractivity contribution < 1.29 is 9.53 Å². The summed E-state index contributed by atoms with van der Waals surface area (Å²) in [5.41, 5.74) is 1.62. The first-order chi connectivity index (χ1) is 14.7. The number of carbonyl (C=O) groups is 1. The van der Waals surface area contributed by atoms with Gasteiger partial charge in [0.05, 0.1) is 18.2 Å². The molecular formula is C22H29N5O2S. The number of nitrogens with one attached hydrogen (secondary N) is 1. The lowest BCUT2D eigenvalue weighted by Crippen LogP contribution is -2.62. The van der Waals surface area contributed by atoms with E-state index in [0.717, 1.165) is 47.5 Å². The molecule has 30 heavy (non-hydrogen) atoms. The monoisotopic (exact) mass is 427 g/mol. The first-order valence-electron chi connectivity index (χ1n) is 11.4. The molecule has 5 aliphatic carbocycles. The average Bonchev–Trinajstić information content (AvgIpc) is 3.38. The van der Waals surface area contributed by atoms with E-state index >= 15 is 0 Å². The smallest absolute Gasteiger partial charge is 0.341 e. The van der Waals surface area contributed by atoms with Gasteiger partial charge in [-0.25, -0.2) is 4.79 Å². The fraction of sp³-hybridized carbons (Fsp3) is 0.727. The van der Waals surface area contributed by atoms with Crippen LogP contribution in [-0.4, -0.2) is 40.3 Å². The molecule has 0 saturated heterocycles. The zero-order valence-corrected chi connectivity index (χ0v) is 18.5. The number of methoxy groups -OCH3 is 1. The molecule has 0 aromatic carbocycles. The predicted octanol–water partition coefficient (Wildman–Crippen LogP) is 3.26. The number of esters is 1. The number of thiophene rings is 1. The summed E-state index contributed by atoms with van der Waals surface area (Å²) in [6.07, 6.45) is 10.7. The predicted molar refractivity (Wildman–Crippen MR) is 113 cm³/mol. The third-order valence-corrected chi connectivity index (χ3v) is 9.68. The molecule has 160 valence electrons. The van der Waals surface area contributed by atoms with Crippen molar-refractivity contribution in [2.45, 2.75) is 63.3 Å². The van der Waals surface area contributed by atoms with Crippen LogP contribution in [0.15, 0.2) is 0 Å². The number of tetrazole rings is 1. The number of aromatic nitrogens is 4. The summed E-state index contributed by atoms with van der Waals surface area (Å²) in [5, 5.41) is 17.8. The van der Waals surface area contributed by atoms with Crippen LogP contribution in [0.2, 0.25) is 0 Å². The normalized spacial score (nSPS) is 34.2. The molecule has 7 rings (SSSR count). The highest BCUT2D eigenvalue weighted by molar-refractivity contribution is 7.15. The number of aryl methyl sites for hydroxylation is 1. The van der Waals surface area contributed by atoms with E-state index < -0.39 is 0 Å². The molecule has 2 aromatic heterocycles. The van der Waals surface area contributed by atoms with Gasteiger partial charge >= 0.3 is 5.97 Å². The van der Waals surface area contributed by atoms with Crippen molar-refractivity contribution in [2.75, 3.05) is 14.2 Å². The van der Waals surface area contributed by atoms with Gasteiger partial charge in [-0.3, -0.25) is 0 Å². The van der Waals surface area contributed by atoms with Crippen LogP contribution in [-0.2, 0) is 23.1 Å². The average molecular weight is 428 g/mol. The van der Waals surface area contributed by atoms with Crippen LogP contribution in [0.1, 0.15) is 71.6 Å². The molecule has 7 nitrogen and oxygen atoms in total. The minimum absolute atomic E-state index is 0.213. The number of ether oxygens (including phenoxy) is 1. The van der Waals surface area contributed by atoms with E-state index in [-0.39, 0.29) is 11.5 Å². The van der Waals surface area contributed by atoms with Crippen molar-refractivity contribution in [1.29, 1.82) is 0 Å². The van der Waals surface area contributed by atoms with E-state index in [0.29, 0.717) is 17.4 Å². The molecule has 0 amide bonds. The van der Waals surface area contributed by atoms with Crippen molar-refractivity contribution in [2.24, 2.45) is 23.7 Å². The van der Waals surface area contributed by atoms with Gasteiger partial charge in [0.15, 0.2) is 5.82 Å². The fourth-order valence-corrected chi connectivity index (χ4v) is 8.73. The molecule has 0 aliphatic heterocycles. The summed E-state index contributed by atoms with van der Waals surface area (Å²) in [5.74, 6) is 3.45. The number of hydrogen-bond acceptors (Lipinski definition) is 7. The minimum atomic E-state index is -0.269. The van der Waals surface area contributed by atoms with E-state index in [1.165, 1.54) is 50.5 Å². The summed E-state index contributed by atoms with van der Waals surface area (Å²) in [4.78, 5) is 14.1. The molecule has 0 unspecified atom stereocenters. The van der Waals surface area contributed by atoms with Gasteiger partial charge in [0.2, 0.25) is 0 Å². The van der Waals surface area contributed by atoms with Gasteiger partial charge < -0.3 is 10.1 Å². The fourth-order valence-electron chi connectivity index (χ4n) is 7.41. The lowest BCUT2D eigenvalue weighted by molar-refractivity contribution is -0.0795. The van der Waals surface area contributed by atoms with Crippen molar-refractivity contribution in [1.82, 2.24) is 25.5 Å². The van der Waals surface area contributed by atoms with Crippen LogP contribution in [0.25, 0.3) is 5.00 Å². The maximum Gasteiger partial charge on any atom is 0.341 e. The molecule has 0 spiro atoms.